The van der Waals surface area contributed by atoms with Crippen LogP contribution in [0.25, 0.3) is 0 Å². The van der Waals surface area contributed by atoms with Gasteiger partial charge >= 0.3 is 0 Å². The number of aliphatic hydroxyl groups excluding tert-OH is 1. The third-order valence-electron chi connectivity index (χ3n) is 3.94. The van der Waals surface area contributed by atoms with Crippen molar-refractivity contribution in [2.75, 3.05) is 11.9 Å². The van der Waals surface area contributed by atoms with Crippen LogP contribution in [0, 0.1) is 6.92 Å². The van der Waals surface area contributed by atoms with Crippen molar-refractivity contribution < 1.29 is 5.11 Å². The number of hydrogen-bond donors (Lipinski definition) is 1. The SMILES string of the molecule is Cc1nc(C2CC(O)C2)cc(N(C)Cc2cnn(C)c2)n1. The average Bonchev–Trinajstić information content (AvgIpc) is 2.79. The average molecular weight is 287 g/mol. The van der Waals surface area contributed by atoms with E-state index < -0.39 is 0 Å². The molecular formula is C15H21N5O. The maximum atomic E-state index is 9.46. The van der Waals surface area contributed by atoms with Gasteiger partial charge in [0, 0.05) is 50.1 Å². The Labute approximate surface area is 124 Å². The molecular weight excluding hydrogens is 266 g/mol. The highest BCUT2D eigenvalue weighted by Gasteiger charge is 2.30. The molecule has 0 aliphatic heterocycles. The predicted molar refractivity (Wildman–Crippen MR) is 80.1 cm³/mol. The van der Waals surface area contributed by atoms with Gasteiger partial charge in [0.05, 0.1) is 12.3 Å². The van der Waals surface area contributed by atoms with Gasteiger partial charge in [-0.3, -0.25) is 4.68 Å². The second-order valence-corrected chi connectivity index (χ2v) is 5.90. The molecule has 1 aliphatic rings. The standard InChI is InChI=1S/C15H21N5O/c1-10-17-14(12-4-13(21)5-12)6-15(18-10)19(2)8-11-7-16-20(3)9-11/h6-7,9,12-13,21H,4-5,8H2,1-3H3. The monoisotopic (exact) mass is 287 g/mol. The van der Waals surface area contributed by atoms with E-state index in [1.54, 1.807) is 4.68 Å². The fraction of sp³-hybridized carbons (Fsp3) is 0.533. The Hall–Kier alpha value is -1.95. The summed E-state index contributed by atoms with van der Waals surface area (Å²) in [6.07, 6.45) is 5.33. The van der Waals surface area contributed by atoms with Crippen LogP contribution < -0.4 is 4.90 Å². The first-order chi connectivity index (χ1) is 10.0. The van der Waals surface area contributed by atoms with E-state index in [1.807, 2.05) is 39.5 Å². The van der Waals surface area contributed by atoms with Crippen LogP contribution in [0.4, 0.5) is 5.82 Å². The lowest BCUT2D eigenvalue weighted by Gasteiger charge is -2.31. The first-order valence-corrected chi connectivity index (χ1v) is 7.23. The predicted octanol–water partition coefficient (Wildman–Crippen LogP) is 1.39. The number of hydrogen-bond acceptors (Lipinski definition) is 5. The summed E-state index contributed by atoms with van der Waals surface area (Å²) in [6.45, 7) is 2.68. The summed E-state index contributed by atoms with van der Waals surface area (Å²) >= 11 is 0. The molecule has 2 heterocycles. The molecule has 6 nitrogen and oxygen atoms in total. The topological polar surface area (TPSA) is 67.1 Å². The Morgan fingerprint density at radius 2 is 2.14 bits per heavy atom. The molecule has 2 aromatic heterocycles. The summed E-state index contributed by atoms with van der Waals surface area (Å²) in [5.41, 5.74) is 2.19. The Morgan fingerprint density at radius 3 is 2.76 bits per heavy atom. The van der Waals surface area contributed by atoms with E-state index in [0.717, 1.165) is 42.3 Å². The largest absolute Gasteiger partial charge is 0.393 e. The first-order valence-electron chi connectivity index (χ1n) is 7.23. The number of aliphatic hydroxyl groups is 1. The highest BCUT2D eigenvalue weighted by Crippen LogP contribution is 2.36. The van der Waals surface area contributed by atoms with Gasteiger partial charge < -0.3 is 10.0 Å². The lowest BCUT2D eigenvalue weighted by molar-refractivity contribution is 0.0731. The Morgan fingerprint density at radius 1 is 1.38 bits per heavy atom. The van der Waals surface area contributed by atoms with Crippen LogP contribution in [0.1, 0.15) is 35.8 Å². The fourth-order valence-corrected chi connectivity index (χ4v) is 2.72. The van der Waals surface area contributed by atoms with Gasteiger partial charge in [-0.1, -0.05) is 0 Å². The van der Waals surface area contributed by atoms with Gasteiger partial charge in [0.2, 0.25) is 0 Å². The summed E-state index contributed by atoms with van der Waals surface area (Å²) < 4.78 is 1.80. The van der Waals surface area contributed by atoms with Crippen molar-refractivity contribution in [1.82, 2.24) is 19.7 Å². The minimum atomic E-state index is -0.165. The second-order valence-electron chi connectivity index (χ2n) is 5.90. The summed E-state index contributed by atoms with van der Waals surface area (Å²) in [4.78, 5) is 11.1. The number of anilines is 1. The van der Waals surface area contributed by atoms with Crippen LogP contribution in [0.15, 0.2) is 18.5 Å². The van der Waals surface area contributed by atoms with Crippen LogP contribution in [-0.2, 0) is 13.6 Å². The Kier molecular flexibility index (Phi) is 3.63. The molecule has 6 heteroatoms. The third kappa shape index (κ3) is 3.05. The van der Waals surface area contributed by atoms with Crippen LogP contribution >= 0.6 is 0 Å². The molecule has 1 aliphatic carbocycles. The Bertz CT molecular complexity index is 633. The fourth-order valence-electron chi connectivity index (χ4n) is 2.72. The number of rotatable bonds is 4. The van der Waals surface area contributed by atoms with E-state index in [4.69, 9.17) is 0 Å². The van der Waals surface area contributed by atoms with Gasteiger partial charge in [-0.15, -0.1) is 0 Å². The molecule has 3 rings (SSSR count). The molecule has 1 saturated carbocycles. The van der Waals surface area contributed by atoms with Crippen LogP contribution in [-0.4, -0.2) is 38.0 Å². The molecule has 2 aromatic rings. The van der Waals surface area contributed by atoms with E-state index in [1.165, 1.54) is 0 Å². The first kappa shape index (κ1) is 14.0. The molecule has 1 N–H and O–H groups in total. The van der Waals surface area contributed by atoms with E-state index in [0.29, 0.717) is 5.92 Å². The molecule has 0 spiro atoms. The van der Waals surface area contributed by atoms with Crippen LogP contribution in [0.3, 0.4) is 0 Å². The van der Waals surface area contributed by atoms with Gasteiger partial charge in [-0.25, -0.2) is 9.97 Å². The lowest BCUT2D eigenvalue weighted by atomic mass is 9.80. The summed E-state index contributed by atoms with van der Waals surface area (Å²) in [5, 5.41) is 13.6. The molecule has 1 fully saturated rings. The van der Waals surface area contributed by atoms with Gasteiger partial charge in [-0.2, -0.15) is 5.10 Å². The zero-order valence-corrected chi connectivity index (χ0v) is 12.7. The molecule has 0 saturated heterocycles. The molecule has 0 bridgehead atoms. The Balaban J connectivity index is 1.77. The van der Waals surface area contributed by atoms with Gasteiger partial charge in [0.15, 0.2) is 0 Å². The highest BCUT2D eigenvalue weighted by atomic mass is 16.3. The van der Waals surface area contributed by atoms with Crippen molar-refractivity contribution in [1.29, 1.82) is 0 Å². The molecule has 0 amide bonds. The van der Waals surface area contributed by atoms with E-state index in [9.17, 15) is 5.11 Å². The summed E-state index contributed by atoms with van der Waals surface area (Å²) in [6, 6.07) is 2.04. The quantitative estimate of drug-likeness (QED) is 0.920. The molecule has 0 atom stereocenters. The van der Waals surface area contributed by atoms with Crippen molar-refractivity contribution in [3.8, 4) is 0 Å². The van der Waals surface area contributed by atoms with Gasteiger partial charge in [-0.05, 0) is 19.8 Å². The molecule has 21 heavy (non-hydrogen) atoms. The van der Waals surface area contributed by atoms with Crippen LogP contribution in [0.5, 0.6) is 0 Å². The minimum Gasteiger partial charge on any atom is -0.393 e. The molecule has 0 aromatic carbocycles. The second kappa shape index (κ2) is 5.44. The zero-order valence-electron chi connectivity index (χ0n) is 12.7. The molecule has 0 unspecified atom stereocenters. The molecule has 112 valence electrons. The van der Waals surface area contributed by atoms with E-state index >= 15 is 0 Å². The van der Waals surface area contributed by atoms with Crippen molar-refractivity contribution in [2.24, 2.45) is 7.05 Å². The van der Waals surface area contributed by atoms with Crippen molar-refractivity contribution in [3.05, 3.63) is 35.5 Å². The zero-order chi connectivity index (χ0) is 15.0. The minimum absolute atomic E-state index is 0.165. The smallest absolute Gasteiger partial charge is 0.132 e. The van der Waals surface area contributed by atoms with Crippen LogP contribution in [0.2, 0.25) is 0 Å². The van der Waals surface area contributed by atoms with Gasteiger partial charge in [0.1, 0.15) is 11.6 Å². The molecule has 0 radical (unpaired) electrons. The lowest BCUT2D eigenvalue weighted by Crippen LogP contribution is -2.28. The van der Waals surface area contributed by atoms with E-state index in [-0.39, 0.29) is 6.10 Å². The van der Waals surface area contributed by atoms with Crippen molar-refractivity contribution in [3.63, 3.8) is 0 Å². The maximum Gasteiger partial charge on any atom is 0.132 e. The number of nitrogens with zero attached hydrogens (tertiary/aromatic N) is 5. The third-order valence-corrected chi connectivity index (χ3v) is 3.94. The number of aryl methyl sites for hydroxylation is 2. The van der Waals surface area contributed by atoms with Crippen molar-refractivity contribution >= 4 is 5.82 Å². The van der Waals surface area contributed by atoms with Crippen molar-refractivity contribution in [2.45, 2.75) is 38.3 Å². The van der Waals surface area contributed by atoms with Gasteiger partial charge in [0.25, 0.3) is 0 Å². The number of aromatic nitrogens is 4. The highest BCUT2D eigenvalue weighted by molar-refractivity contribution is 5.41. The normalized spacial score (nSPS) is 21.1. The summed E-state index contributed by atoms with van der Waals surface area (Å²) in [7, 11) is 3.94. The summed E-state index contributed by atoms with van der Waals surface area (Å²) in [5.74, 6) is 2.07. The van der Waals surface area contributed by atoms with E-state index in [2.05, 4.69) is 20.0 Å². The maximum absolute atomic E-state index is 9.46.